The summed E-state index contributed by atoms with van der Waals surface area (Å²) < 4.78 is 26.9. The second-order valence-electron chi connectivity index (χ2n) is 3.91. The van der Waals surface area contributed by atoms with Gasteiger partial charge in [0.25, 0.3) is 0 Å². The van der Waals surface area contributed by atoms with Gasteiger partial charge in [0.1, 0.15) is 4.90 Å². The maximum Gasteiger partial charge on any atom is 0.243 e. The van der Waals surface area contributed by atoms with E-state index in [2.05, 4.69) is 20.7 Å². The molecule has 1 rings (SSSR count). The first-order valence-electron chi connectivity index (χ1n) is 5.56. The molecule has 0 aliphatic carbocycles. The third-order valence-corrected chi connectivity index (χ3v) is 4.54. The minimum Gasteiger partial charge on any atom is -0.398 e. The molecule has 0 atom stereocenters. The van der Waals surface area contributed by atoms with Crippen LogP contribution in [0.25, 0.3) is 0 Å². The lowest BCUT2D eigenvalue weighted by Crippen LogP contribution is -2.38. The largest absolute Gasteiger partial charge is 0.398 e. The molecule has 3 N–H and O–H groups in total. The third-order valence-electron chi connectivity index (χ3n) is 2.57. The molecule has 1 aromatic carbocycles. The third kappa shape index (κ3) is 4.19. The molecule has 0 aliphatic heterocycles. The highest BCUT2D eigenvalue weighted by Gasteiger charge is 2.19. The SMILES string of the molecule is CCN(C)C(=O)CNS(=O)(=O)c1ccc(Br)cc1N. The van der Waals surface area contributed by atoms with Crippen molar-refractivity contribution in [1.29, 1.82) is 0 Å². The standard InChI is InChI=1S/C11H16BrN3O3S/c1-3-15(2)11(16)7-14-19(17,18)10-5-4-8(12)6-9(10)13/h4-6,14H,3,7,13H2,1-2H3. The van der Waals surface area contributed by atoms with Gasteiger partial charge in [-0.3, -0.25) is 4.79 Å². The molecule has 0 bridgehead atoms. The first-order chi connectivity index (χ1) is 8.77. The van der Waals surface area contributed by atoms with Gasteiger partial charge in [0.05, 0.1) is 12.2 Å². The number of carbonyl (C=O) groups is 1. The highest BCUT2D eigenvalue weighted by molar-refractivity contribution is 9.10. The Kier molecular flexibility index (Phi) is 5.33. The van der Waals surface area contributed by atoms with Gasteiger partial charge >= 0.3 is 0 Å². The topological polar surface area (TPSA) is 92.5 Å². The van der Waals surface area contributed by atoms with Gasteiger partial charge in [-0.1, -0.05) is 15.9 Å². The Morgan fingerprint density at radius 2 is 2.11 bits per heavy atom. The van der Waals surface area contributed by atoms with Crippen molar-refractivity contribution in [2.75, 3.05) is 25.9 Å². The van der Waals surface area contributed by atoms with Crippen LogP contribution in [0.5, 0.6) is 0 Å². The fourth-order valence-corrected chi connectivity index (χ4v) is 2.77. The van der Waals surface area contributed by atoms with Crippen molar-refractivity contribution in [2.24, 2.45) is 0 Å². The molecule has 106 valence electrons. The van der Waals surface area contributed by atoms with Crippen molar-refractivity contribution in [3.05, 3.63) is 22.7 Å². The number of sulfonamides is 1. The number of hydrogen-bond donors (Lipinski definition) is 2. The van der Waals surface area contributed by atoms with Crippen molar-refractivity contribution < 1.29 is 13.2 Å². The van der Waals surface area contributed by atoms with Gasteiger partial charge in [-0.2, -0.15) is 0 Å². The summed E-state index contributed by atoms with van der Waals surface area (Å²) in [4.78, 5) is 12.9. The predicted octanol–water partition coefficient (Wildman–Crippen LogP) is 0.788. The maximum atomic E-state index is 12.0. The van der Waals surface area contributed by atoms with Crippen LogP contribution in [0, 0.1) is 0 Å². The maximum absolute atomic E-state index is 12.0. The monoisotopic (exact) mass is 349 g/mol. The molecule has 1 aromatic rings. The van der Waals surface area contributed by atoms with E-state index in [0.717, 1.165) is 0 Å². The second kappa shape index (κ2) is 6.36. The number of rotatable bonds is 5. The van der Waals surface area contributed by atoms with Crippen LogP contribution in [0.15, 0.2) is 27.6 Å². The number of nitrogens with one attached hydrogen (secondary N) is 1. The quantitative estimate of drug-likeness (QED) is 0.768. The summed E-state index contributed by atoms with van der Waals surface area (Å²) in [6, 6.07) is 4.45. The number of nitrogens with zero attached hydrogens (tertiary/aromatic N) is 1. The van der Waals surface area contributed by atoms with E-state index < -0.39 is 10.0 Å². The van der Waals surface area contributed by atoms with Crippen LogP contribution in [0.1, 0.15) is 6.92 Å². The van der Waals surface area contributed by atoms with E-state index in [-0.39, 0.29) is 23.0 Å². The smallest absolute Gasteiger partial charge is 0.243 e. The molecular formula is C11H16BrN3O3S. The lowest BCUT2D eigenvalue weighted by atomic mass is 10.3. The van der Waals surface area contributed by atoms with Crippen LogP contribution in [0.3, 0.4) is 0 Å². The number of likely N-dealkylation sites (N-methyl/N-ethyl adjacent to an activating group) is 1. The normalized spacial score (nSPS) is 11.3. The predicted molar refractivity (Wildman–Crippen MR) is 77.1 cm³/mol. The van der Waals surface area contributed by atoms with Crippen LogP contribution < -0.4 is 10.5 Å². The zero-order valence-corrected chi connectivity index (χ0v) is 13.1. The van der Waals surface area contributed by atoms with E-state index in [1.807, 2.05) is 0 Å². The number of carbonyl (C=O) groups excluding carboxylic acids is 1. The van der Waals surface area contributed by atoms with E-state index in [4.69, 9.17) is 5.73 Å². The summed E-state index contributed by atoms with van der Waals surface area (Å²) in [5.74, 6) is -0.304. The van der Waals surface area contributed by atoms with Crippen LogP contribution >= 0.6 is 15.9 Å². The summed E-state index contributed by atoms with van der Waals surface area (Å²) in [5.41, 5.74) is 5.78. The highest BCUT2D eigenvalue weighted by atomic mass is 79.9. The van der Waals surface area contributed by atoms with Crippen molar-refractivity contribution >= 4 is 37.5 Å². The average Bonchev–Trinajstić information content (AvgIpc) is 2.34. The first kappa shape index (κ1) is 15.9. The number of amides is 1. The Balaban J connectivity index is 2.85. The Labute approximate surface area is 121 Å². The summed E-state index contributed by atoms with van der Waals surface area (Å²) in [6.45, 7) is 2.03. The number of halogens is 1. The van der Waals surface area contributed by atoms with Gasteiger partial charge in [-0.15, -0.1) is 0 Å². The molecule has 0 heterocycles. The van der Waals surface area contributed by atoms with Gasteiger partial charge in [0, 0.05) is 18.1 Å². The van der Waals surface area contributed by atoms with Crippen LogP contribution in [0.4, 0.5) is 5.69 Å². The molecule has 0 saturated heterocycles. The fraction of sp³-hybridized carbons (Fsp3) is 0.364. The minimum atomic E-state index is -3.79. The Bertz CT molecular complexity index is 575. The number of anilines is 1. The van der Waals surface area contributed by atoms with Crippen LogP contribution in [0.2, 0.25) is 0 Å². The molecule has 8 heteroatoms. The number of benzene rings is 1. The average molecular weight is 350 g/mol. The Morgan fingerprint density at radius 3 is 2.63 bits per heavy atom. The summed E-state index contributed by atoms with van der Waals surface area (Å²) >= 11 is 3.20. The summed E-state index contributed by atoms with van der Waals surface area (Å²) in [5, 5.41) is 0. The Hall–Kier alpha value is -1.12. The lowest BCUT2D eigenvalue weighted by Gasteiger charge is -2.15. The molecule has 0 aromatic heterocycles. The molecular weight excluding hydrogens is 334 g/mol. The summed E-state index contributed by atoms with van der Waals surface area (Å²) in [7, 11) is -2.19. The number of nitrogen functional groups attached to an aromatic ring is 1. The van der Waals surface area contributed by atoms with E-state index in [0.29, 0.717) is 11.0 Å². The van der Waals surface area contributed by atoms with Gasteiger partial charge in [0.2, 0.25) is 15.9 Å². The number of nitrogens with two attached hydrogens (primary N) is 1. The molecule has 1 amide bonds. The highest BCUT2D eigenvalue weighted by Crippen LogP contribution is 2.22. The van der Waals surface area contributed by atoms with Gasteiger partial charge in [-0.25, -0.2) is 13.1 Å². The van der Waals surface area contributed by atoms with Crippen molar-refractivity contribution in [1.82, 2.24) is 9.62 Å². The lowest BCUT2D eigenvalue weighted by molar-refractivity contribution is -0.128. The number of hydrogen-bond acceptors (Lipinski definition) is 4. The van der Waals surface area contributed by atoms with Crippen LogP contribution in [-0.2, 0) is 14.8 Å². The molecule has 19 heavy (non-hydrogen) atoms. The van der Waals surface area contributed by atoms with E-state index >= 15 is 0 Å². The van der Waals surface area contributed by atoms with Crippen LogP contribution in [-0.4, -0.2) is 39.4 Å². The molecule has 0 radical (unpaired) electrons. The molecule has 0 fully saturated rings. The van der Waals surface area contributed by atoms with Crippen molar-refractivity contribution in [3.63, 3.8) is 0 Å². The van der Waals surface area contributed by atoms with Crippen molar-refractivity contribution in [2.45, 2.75) is 11.8 Å². The second-order valence-corrected chi connectivity index (χ2v) is 6.57. The molecule has 0 aliphatic rings. The van der Waals surface area contributed by atoms with Gasteiger partial charge in [-0.05, 0) is 25.1 Å². The van der Waals surface area contributed by atoms with Crippen molar-refractivity contribution in [3.8, 4) is 0 Å². The van der Waals surface area contributed by atoms with Gasteiger partial charge < -0.3 is 10.6 Å². The van der Waals surface area contributed by atoms with E-state index in [1.54, 1.807) is 20.0 Å². The first-order valence-corrected chi connectivity index (χ1v) is 7.84. The molecule has 0 spiro atoms. The molecule has 0 saturated carbocycles. The minimum absolute atomic E-state index is 0.0392. The zero-order valence-electron chi connectivity index (χ0n) is 10.7. The van der Waals surface area contributed by atoms with E-state index in [9.17, 15) is 13.2 Å². The summed E-state index contributed by atoms with van der Waals surface area (Å²) in [6.07, 6.45) is 0. The fourth-order valence-electron chi connectivity index (χ4n) is 1.31. The zero-order chi connectivity index (χ0) is 14.6. The molecule has 0 unspecified atom stereocenters. The molecule has 6 nitrogen and oxygen atoms in total. The van der Waals surface area contributed by atoms with E-state index in [1.165, 1.54) is 17.0 Å². The Morgan fingerprint density at radius 1 is 1.47 bits per heavy atom. The van der Waals surface area contributed by atoms with Gasteiger partial charge in [0.15, 0.2) is 0 Å².